The molecule has 1 aliphatic rings. The molecule has 2 unspecified atom stereocenters. The van der Waals surface area contributed by atoms with Gasteiger partial charge in [0, 0.05) is 24.7 Å². The molecule has 2 atom stereocenters. The summed E-state index contributed by atoms with van der Waals surface area (Å²) in [5, 5.41) is 5.68. The number of ether oxygens (including phenoxy) is 1. The first-order valence-electron chi connectivity index (χ1n) is 10.3. The summed E-state index contributed by atoms with van der Waals surface area (Å²) in [5.74, 6) is -0.607. The van der Waals surface area contributed by atoms with Crippen molar-refractivity contribution < 1.29 is 22.7 Å². The van der Waals surface area contributed by atoms with E-state index < -0.39 is 22.0 Å². The van der Waals surface area contributed by atoms with Crippen molar-refractivity contribution in [1.29, 1.82) is 0 Å². The molecule has 1 aromatic rings. The van der Waals surface area contributed by atoms with E-state index in [1.807, 2.05) is 34.6 Å². The Labute approximate surface area is 179 Å². The van der Waals surface area contributed by atoms with Crippen LogP contribution in [0.25, 0.3) is 0 Å². The lowest BCUT2D eigenvalue weighted by atomic mass is 10.0. The van der Waals surface area contributed by atoms with Crippen molar-refractivity contribution in [1.82, 2.24) is 14.9 Å². The summed E-state index contributed by atoms with van der Waals surface area (Å²) in [4.78, 5) is 25.5. The maximum Gasteiger partial charge on any atom is 0.251 e. The van der Waals surface area contributed by atoms with Gasteiger partial charge >= 0.3 is 0 Å². The van der Waals surface area contributed by atoms with Crippen LogP contribution in [-0.2, 0) is 19.6 Å². The molecule has 1 aliphatic heterocycles. The predicted molar refractivity (Wildman–Crippen MR) is 115 cm³/mol. The largest absolute Gasteiger partial charge is 0.379 e. The number of benzene rings is 1. The average Bonchev–Trinajstić information content (AvgIpc) is 2.72. The number of amides is 2. The van der Waals surface area contributed by atoms with E-state index >= 15 is 0 Å². The van der Waals surface area contributed by atoms with Crippen LogP contribution in [0.4, 0.5) is 0 Å². The number of rotatable bonds is 8. The van der Waals surface area contributed by atoms with E-state index in [1.165, 1.54) is 22.5 Å². The molecule has 1 aromatic carbocycles. The Morgan fingerprint density at radius 3 is 2.20 bits per heavy atom. The van der Waals surface area contributed by atoms with Crippen LogP contribution in [0.5, 0.6) is 0 Å². The molecular formula is C21H33N3O5S. The summed E-state index contributed by atoms with van der Waals surface area (Å²) in [5.41, 5.74) is 0.194. The van der Waals surface area contributed by atoms with Gasteiger partial charge in [-0.05, 0) is 37.0 Å². The third-order valence-electron chi connectivity index (χ3n) is 5.31. The molecule has 2 rings (SSSR count). The fourth-order valence-corrected chi connectivity index (χ4v) is 4.43. The number of nitrogens with one attached hydrogen (secondary N) is 2. The number of nitrogens with zero attached hydrogens (tertiary/aromatic N) is 1. The highest BCUT2D eigenvalue weighted by Crippen LogP contribution is 2.19. The monoisotopic (exact) mass is 439 g/mol. The van der Waals surface area contributed by atoms with Gasteiger partial charge in [-0.3, -0.25) is 9.59 Å². The molecule has 0 spiro atoms. The van der Waals surface area contributed by atoms with E-state index in [1.54, 1.807) is 6.07 Å². The fourth-order valence-electron chi connectivity index (χ4n) is 2.97. The summed E-state index contributed by atoms with van der Waals surface area (Å²) >= 11 is 0. The summed E-state index contributed by atoms with van der Waals surface area (Å²) < 4.78 is 32.3. The molecule has 8 nitrogen and oxygen atoms in total. The lowest BCUT2D eigenvalue weighted by Crippen LogP contribution is -2.52. The second-order valence-electron chi connectivity index (χ2n) is 8.28. The second-order valence-corrected chi connectivity index (χ2v) is 10.2. The van der Waals surface area contributed by atoms with Gasteiger partial charge in [-0.25, -0.2) is 8.42 Å². The normalized spacial score (nSPS) is 17.6. The molecule has 2 amide bonds. The van der Waals surface area contributed by atoms with Gasteiger partial charge in [-0.1, -0.05) is 33.8 Å². The molecule has 0 saturated carbocycles. The van der Waals surface area contributed by atoms with Gasteiger partial charge in [0.05, 0.1) is 18.1 Å². The summed E-state index contributed by atoms with van der Waals surface area (Å²) in [6.07, 6.45) is 0. The smallest absolute Gasteiger partial charge is 0.251 e. The summed E-state index contributed by atoms with van der Waals surface area (Å²) in [6.45, 7) is 10.9. The zero-order chi connectivity index (χ0) is 22.5. The van der Waals surface area contributed by atoms with Crippen LogP contribution >= 0.6 is 0 Å². The Balaban J connectivity index is 2.17. The van der Waals surface area contributed by atoms with E-state index in [0.717, 1.165) is 0 Å². The molecule has 1 saturated heterocycles. The van der Waals surface area contributed by atoms with Gasteiger partial charge in [0.2, 0.25) is 15.9 Å². The molecule has 1 fully saturated rings. The quantitative estimate of drug-likeness (QED) is 0.641. The maximum absolute atomic E-state index is 12.9. The molecule has 1 heterocycles. The zero-order valence-electron chi connectivity index (χ0n) is 18.3. The Bertz CT molecular complexity index is 848. The lowest BCUT2D eigenvalue weighted by Gasteiger charge is -2.26. The molecule has 0 bridgehead atoms. The minimum Gasteiger partial charge on any atom is -0.379 e. The third kappa shape index (κ3) is 6.02. The number of carbonyl (C=O) groups excluding carboxylic acids is 2. The van der Waals surface area contributed by atoms with Crippen LogP contribution in [0.1, 0.15) is 45.0 Å². The van der Waals surface area contributed by atoms with Gasteiger partial charge in [-0.2, -0.15) is 4.31 Å². The number of morpholine rings is 1. The van der Waals surface area contributed by atoms with Crippen LogP contribution in [-0.4, -0.2) is 62.9 Å². The highest BCUT2D eigenvalue weighted by atomic mass is 32.2. The molecule has 9 heteroatoms. The van der Waals surface area contributed by atoms with Crippen LogP contribution < -0.4 is 10.6 Å². The average molecular weight is 440 g/mol. The first-order valence-corrected chi connectivity index (χ1v) is 11.8. The zero-order valence-corrected chi connectivity index (χ0v) is 19.2. The Hall–Kier alpha value is -1.97. The van der Waals surface area contributed by atoms with Crippen molar-refractivity contribution in [3.63, 3.8) is 0 Å². The molecule has 0 aromatic heterocycles. The first kappa shape index (κ1) is 24.3. The van der Waals surface area contributed by atoms with E-state index in [0.29, 0.717) is 13.2 Å². The lowest BCUT2D eigenvalue weighted by molar-refractivity contribution is -0.124. The van der Waals surface area contributed by atoms with E-state index in [2.05, 4.69) is 10.6 Å². The van der Waals surface area contributed by atoms with Crippen molar-refractivity contribution >= 4 is 21.8 Å². The van der Waals surface area contributed by atoms with Crippen molar-refractivity contribution in [3.8, 4) is 0 Å². The Kier molecular flexibility index (Phi) is 8.40. The topological polar surface area (TPSA) is 105 Å². The highest BCUT2D eigenvalue weighted by molar-refractivity contribution is 7.89. The van der Waals surface area contributed by atoms with Crippen molar-refractivity contribution in [3.05, 3.63) is 29.8 Å². The van der Waals surface area contributed by atoms with E-state index in [-0.39, 0.29) is 47.3 Å². The van der Waals surface area contributed by atoms with Gasteiger partial charge in [-0.15, -0.1) is 0 Å². The molecule has 168 valence electrons. The van der Waals surface area contributed by atoms with Crippen LogP contribution in [0.15, 0.2) is 29.2 Å². The third-order valence-corrected chi connectivity index (χ3v) is 7.20. The highest BCUT2D eigenvalue weighted by Gasteiger charge is 2.29. The van der Waals surface area contributed by atoms with Crippen LogP contribution in [0.2, 0.25) is 0 Å². The number of hydrogen-bond acceptors (Lipinski definition) is 5. The fraction of sp³-hybridized carbons (Fsp3) is 0.619. The second kappa shape index (κ2) is 10.4. The Morgan fingerprint density at radius 1 is 1.00 bits per heavy atom. The summed E-state index contributed by atoms with van der Waals surface area (Å²) in [7, 11) is -3.71. The number of sulfonamides is 1. The molecular weight excluding hydrogens is 406 g/mol. The molecule has 0 aliphatic carbocycles. The van der Waals surface area contributed by atoms with Crippen molar-refractivity contribution in [2.45, 2.75) is 51.6 Å². The maximum atomic E-state index is 12.9. The molecule has 30 heavy (non-hydrogen) atoms. The molecule has 2 N–H and O–H groups in total. The first-order chi connectivity index (χ1) is 14.0. The van der Waals surface area contributed by atoms with Gasteiger partial charge in [0.15, 0.2) is 0 Å². The van der Waals surface area contributed by atoms with Gasteiger partial charge in [0.1, 0.15) is 6.04 Å². The van der Waals surface area contributed by atoms with Crippen LogP contribution in [0.3, 0.4) is 0 Å². The van der Waals surface area contributed by atoms with E-state index in [9.17, 15) is 18.0 Å². The minimum atomic E-state index is -3.71. The van der Waals surface area contributed by atoms with Gasteiger partial charge in [0.25, 0.3) is 5.91 Å². The van der Waals surface area contributed by atoms with E-state index in [4.69, 9.17) is 4.74 Å². The minimum absolute atomic E-state index is 0.0300. The van der Waals surface area contributed by atoms with Crippen molar-refractivity contribution in [2.75, 3.05) is 26.3 Å². The number of carbonyl (C=O) groups is 2. The predicted octanol–water partition coefficient (Wildman–Crippen LogP) is 1.62. The van der Waals surface area contributed by atoms with Crippen LogP contribution in [0, 0.1) is 11.8 Å². The summed E-state index contributed by atoms with van der Waals surface area (Å²) in [6, 6.07) is 5.15. The Morgan fingerprint density at radius 2 is 1.63 bits per heavy atom. The van der Waals surface area contributed by atoms with Crippen molar-refractivity contribution in [2.24, 2.45) is 11.8 Å². The SMILES string of the molecule is CC(C)C(C)NC(=O)C(NC(=O)c1cccc(S(=O)(=O)N2CCOCC2)c1)C(C)C. The standard InChI is InChI=1S/C21H33N3O5S/c1-14(2)16(5)22-21(26)19(15(3)4)23-20(25)17-7-6-8-18(13-17)30(27,28)24-9-11-29-12-10-24/h6-8,13-16,19H,9-12H2,1-5H3,(H,22,26)(H,23,25). The van der Waals surface area contributed by atoms with Gasteiger partial charge < -0.3 is 15.4 Å². The number of hydrogen-bond donors (Lipinski definition) is 2. The molecule has 0 radical (unpaired) electrons.